The van der Waals surface area contributed by atoms with Crippen molar-refractivity contribution in [1.29, 1.82) is 0 Å². The molecule has 144 valence electrons. The van der Waals surface area contributed by atoms with Gasteiger partial charge in [-0.05, 0) is 37.0 Å². The Morgan fingerprint density at radius 2 is 1.89 bits per heavy atom. The normalized spacial score (nSPS) is 20.3. The van der Waals surface area contributed by atoms with Gasteiger partial charge in [-0.15, -0.1) is 0 Å². The van der Waals surface area contributed by atoms with E-state index in [1.54, 1.807) is 0 Å². The Morgan fingerprint density at radius 1 is 1.07 bits per heavy atom. The van der Waals surface area contributed by atoms with Crippen LogP contribution in [-0.2, 0) is 11.3 Å². The summed E-state index contributed by atoms with van der Waals surface area (Å²) in [5, 5.41) is 3.61. The molecular formula is C22H30N4O. The molecule has 1 aromatic carbocycles. The van der Waals surface area contributed by atoms with Crippen LogP contribution < -0.4 is 15.1 Å². The molecule has 0 aliphatic carbocycles. The van der Waals surface area contributed by atoms with Crippen molar-refractivity contribution in [3.05, 3.63) is 53.7 Å². The number of rotatable bonds is 6. The van der Waals surface area contributed by atoms with Gasteiger partial charge >= 0.3 is 0 Å². The van der Waals surface area contributed by atoms with Crippen LogP contribution in [0.4, 0.5) is 11.5 Å². The predicted molar refractivity (Wildman–Crippen MR) is 110 cm³/mol. The Morgan fingerprint density at radius 3 is 2.67 bits per heavy atom. The van der Waals surface area contributed by atoms with Gasteiger partial charge in [0.15, 0.2) is 0 Å². The minimum Gasteiger partial charge on any atom is -0.381 e. The molecule has 2 fully saturated rings. The number of piperazine rings is 1. The highest BCUT2D eigenvalue weighted by atomic mass is 16.5. The van der Waals surface area contributed by atoms with E-state index in [2.05, 4.69) is 52.4 Å². The Hall–Kier alpha value is -2.11. The van der Waals surface area contributed by atoms with Crippen molar-refractivity contribution in [2.75, 3.05) is 55.7 Å². The van der Waals surface area contributed by atoms with Gasteiger partial charge in [0.05, 0.1) is 6.61 Å². The van der Waals surface area contributed by atoms with Gasteiger partial charge in [-0.3, -0.25) is 0 Å². The zero-order chi connectivity index (χ0) is 18.5. The average molecular weight is 367 g/mol. The molecule has 1 atom stereocenters. The lowest BCUT2D eigenvalue weighted by atomic mass is 10.1. The van der Waals surface area contributed by atoms with Gasteiger partial charge in [-0.2, -0.15) is 0 Å². The molecular weight excluding hydrogens is 336 g/mol. The second-order valence-corrected chi connectivity index (χ2v) is 7.61. The second-order valence-electron chi connectivity index (χ2n) is 7.61. The molecule has 0 spiro atoms. The van der Waals surface area contributed by atoms with Crippen LogP contribution >= 0.6 is 0 Å². The number of hydrogen-bond acceptors (Lipinski definition) is 5. The lowest BCUT2D eigenvalue weighted by Gasteiger charge is -2.38. The monoisotopic (exact) mass is 366 g/mol. The van der Waals surface area contributed by atoms with Crippen molar-refractivity contribution >= 4 is 11.5 Å². The van der Waals surface area contributed by atoms with Gasteiger partial charge in [0.1, 0.15) is 5.82 Å². The van der Waals surface area contributed by atoms with E-state index in [1.165, 1.54) is 23.2 Å². The topological polar surface area (TPSA) is 40.6 Å². The van der Waals surface area contributed by atoms with Crippen LogP contribution in [0.2, 0.25) is 0 Å². The number of nitrogens with zero attached hydrogens (tertiary/aromatic N) is 3. The SMILES string of the molecule is Cc1ccccc1N1CCN(c2ncccc2CNC[C@H]2CCOC2)CC1. The molecule has 2 aliphatic rings. The molecule has 0 bridgehead atoms. The first-order chi connectivity index (χ1) is 13.3. The Balaban J connectivity index is 1.36. The number of para-hydroxylation sites is 1. The fraction of sp³-hybridized carbons (Fsp3) is 0.500. The van der Waals surface area contributed by atoms with E-state index in [0.717, 1.165) is 58.3 Å². The highest BCUT2D eigenvalue weighted by molar-refractivity contribution is 5.55. The standard InChI is InChI=1S/C22H30N4O/c1-18-5-2-3-7-21(18)25-10-12-26(13-11-25)22-20(6-4-9-24-22)16-23-15-19-8-14-27-17-19/h2-7,9,19,23H,8,10-17H2,1H3/t19-/m1/s1. The van der Waals surface area contributed by atoms with E-state index in [4.69, 9.17) is 9.72 Å². The van der Waals surface area contributed by atoms with Crippen LogP contribution in [-0.4, -0.2) is 50.9 Å². The number of aromatic nitrogens is 1. The molecule has 0 amide bonds. The molecule has 0 radical (unpaired) electrons. The Kier molecular flexibility index (Phi) is 5.90. The minimum absolute atomic E-state index is 0.655. The van der Waals surface area contributed by atoms with E-state index in [9.17, 15) is 0 Å². The van der Waals surface area contributed by atoms with Crippen molar-refractivity contribution in [3.8, 4) is 0 Å². The number of pyridine rings is 1. The predicted octanol–water partition coefficient (Wildman–Crippen LogP) is 2.84. The first-order valence-corrected chi connectivity index (χ1v) is 10.1. The smallest absolute Gasteiger partial charge is 0.133 e. The highest BCUT2D eigenvalue weighted by Gasteiger charge is 2.21. The van der Waals surface area contributed by atoms with E-state index < -0.39 is 0 Å². The third kappa shape index (κ3) is 4.42. The van der Waals surface area contributed by atoms with Crippen LogP contribution in [0, 0.1) is 12.8 Å². The molecule has 2 aliphatic heterocycles. The van der Waals surface area contributed by atoms with Crippen LogP contribution in [0.1, 0.15) is 17.5 Å². The largest absolute Gasteiger partial charge is 0.381 e. The number of anilines is 2. The summed E-state index contributed by atoms with van der Waals surface area (Å²) in [6.45, 7) is 9.99. The Bertz CT molecular complexity index is 737. The first kappa shape index (κ1) is 18.3. The summed E-state index contributed by atoms with van der Waals surface area (Å²) < 4.78 is 5.47. The van der Waals surface area contributed by atoms with Crippen molar-refractivity contribution < 1.29 is 4.74 Å². The number of ether oxygens (including phenoxy) is 1. The summed E-state index contributed by atoms with van der Waals surface area (Å²) in [6.07, 6.45) is 3.09. The summed E-state index contributed by atoms with van der Waals surface area (Å²) >= 11 is 0. The van der Waals surface area contributed by atoms with Crippen molar-refractivity contribution in [3.63, 3.8) is 0 Å². The van der Waals surface area contributed by atoms with Crippen molar-refractivity contribution in [2.45, 2.75) is 19.9 Å². The molecule has 5 nitrogen and oxygen atoms in total. The molecule has 3 heterocycles. The summed E-state index contributed by atoms with van der Waals surface area (Å²) in [5.74, 6) is 1.79. The molecule has 1 aromatic heterocycles. The fourth-order valence-corrected chi connectivity index (χ4v) is 4.09. The van der Waals surface area contributed by atoms with Crippen LogP contribution in [0.25, 0.3) is 0 Å². The van der Waals surface area contributed by atoms with E-state index in [1.807, 2.05) is 12.3 Å². The Labute approximate surface area is 162 Å². The molecule has 4 rings (SSSR count). The lowest BCUT2D eigenvalue weighted by Crippen LogP contribution is -2.47. The summed E-state index contributed by atoms with van der Waals surface area (Å²) in [6, 6.07) is 12.9. The third-order valence-electron chi connectivity index (χ3n) is 5.68. The van der Waals surface area contributed by atoms with Crippen LogP contribution in [0.3, 0.4) is 0 Å². The molecule has 1 N–H and O–H groups in total. The van der Waals surface area contributed by atoms with E-state index in [0.29, 0.717) is 5.92 Å². The summed E-state index contributed by atoms with van der Waals surface area (Å²) in [4.78, 5) is 9.64. The van der Waals surface area contributed by atoms with Gasteiger partial charge < -0.3 is 19.9 Å². The zero-order valence-corrected chi connectivity index (χ0v) is 16.2. The average Bonchev–Trinajstić information content (AvgIpc) is 3.23. The zero-order valence-electron chi connectivity index (χ0n) is 16.2. The number of nitrogens with one attached hydrogen (secondary N) is 1. The maximum Gasteiger partial charge on any atom is 0.133 e. The molecule has 2 saturated heterocycles. The lowest BCUT2D eigenvalue weighted by molar-refractivity contribution is 0.185. The maximum atomic E-state index is 5.47. The highest BCUT2D eigenvalue weighted by Crippen LogP contribution is 2.24. The van der Waals surface area contributed by atoms with Crippen LogP contribution in [0.15, 0.2) is 42.6 Å². The van der Waals surface area contributed by atoms with Crippen molar-refractivity contribution in [1.82, 2.24) is 10.3 Å². The molecule has 2 aromatic rings. The van der Waals surface area contributed by atoms with Crippen LogP contribution in [0.5, 0.6) is 0 Å². The number of aryl methyl sites for hydroxylation is 1. The van der Waals surface area contributed by atoms with Gasteiger partial charge in [0, 0.05) is 63.3 Å². The van der Waals surface area contributed by atoms with Gasteiger partial charge in [0.25, 0.3) is 0 Å². The van der Waals surface area contributed by atoms with E-state index in [-0.39, 0.29) is 0 Å². The number of benzene rings is 1. The molecule has 0 saturated carbocycles. The van der Waals surface area contributed by atoms with Gasteiger partial charge in [-0.25, -0.2) is 4.98 Å². The maximum absolute atomic E-state index is 5.47. The van der Waals surface area contributed by atoms with Gasteiger partial charge in [0.2, 0.25) is 0 Å². The fourth-order valence-electron chi connectivity index (χ4n) is 4.09. The quantitative estimate of drug-likeness (QED) is 0.851. The van der Waals surface area contributed by atoms with Gasteiger partial charge in [-0.1, -0.05) is 24.3 Å². The summed E-state index contributed by atoms with van der Waals surface area (Å²) in [5.41, 5.74) is 4.00. The molecule has 27 heavy (non-hydrogen) atoms. The summed E-state index contributed by atoms with van der Waals surface area (Å²) in [7, 11) is 0. The third-order valence-corrected chi connectivity index (χ3v) is 5.68. The molecule has 0 unspecified atom stereocenters. The second kappa shape index (κ2) is 8.72. The van der Waals surface area contributed by atoms with E-state index >= 15 is 0 Å². The van der Waals surface area contributed by atoms with Crippen molar-refractivity contribution in [2.24, 2.45) is 5.92 Å². The molecule has 5 heteroatoms. The minimum atomic E-state index is 0.655. The number of hydrogen-bond donors (Lipinski definition) is 1. The first-order valence-electron chi connectivity index (χ1n) is 10.1.